The van der Waals surface area contributed by atoms with Gasteiger partial charge in [-0.05, 0) is 62.4 Å². The second kappa shape index (κ2) is 9.17. The molecule has 0 aliphatic rings. The maximum Gasteiger partial charge on any atom is 0.271 e. The van der Waals surface area contributed by atoms with Crippen molar-refractivity contribution < 1.29 is 19.0 Å². The van der Waals surface area contributed by atoms with Gasteiger partial charge in [0, 0.05) is 28.2 Å². The fraction of sp³-hybridized carbons (Fsp3) is 0.217. The number of ether oxygens (including phenoxy) is 3. The highest BCUT2D eigenvalue weighted by atomic mass is 16.5. The molecule has 0 saturated heterocycles. The van der Waals surface area contributed by atoms with Gasteiger partial charge in [-0.15, -0.1) is 0 Å². The number of nitrogens with zero attached hydrogens (tertiary/aromatic N) is 2. The SMILES string of the molecule is COc1ccc(/C=N/NC(=O)c2ccc(-n3c(C)ccc3C)cc2)c(OC)c1OC. The average molecular weight is 407 g/mol. The van der Waals surface area contributed by atoms with E-state index in [0.717, 1.165) is 17.1 Å². The smallest absolute Gasteiger partial charge is 0.271 e. The fourth-order valence-corrected chi connectivity index (χ4v) is 3.29. The first kappa shape index (κ1) is 21.0. The van der Waals surface area contributed by atoms with Gasteiger partial charge in [0.15, 0.2) is 11.5 Å². The number of aryl methyl sites for hydroxylation is 2. The number of amides is 1. The number of carbonyl (C=O) groups is 1. The second-order valence-electron chi connectivity index (χ2n) is 6.62. The Kier molecular flexibility index (Phi) is 6.41. The maximum atomic E-state index is 12.4. The van der Waals surface area contributed by atoms with Gasteiger partial charge < -0.3 is 18.8 Å². The zero-order valence-corrected chi connectivity index (χ0v) is 17.7. The molecule has 2 aromatic carbocycles. The fourth-order valence-electron chi connectivity index (χ4n) is 3.29. The Morgan fingerprint density at radius 3 is 2.07 bits per heavy atom. The molecule has 1 heterocycles. The van der Waals surface area contributed by atoms with Crippen molar-refractivity contribution in [2.45, 2.75) is 13.8 Å². The van der Waals surface area contributed by atoms with Gasteiger partial charge in [0.1, 0.15) is 0 Å². The molecule has 0 spiro atoms. The summed E-state index contributed by atoms with van der Waals surface area (Å²) in [5, 5.41) is 4.05. The number of benzene rings is 2. The molecule has 3 aromatic rings. The Hall–Kier alpha value is -3.74. The first-order chi connectivity index (χ1) is 14.5. The van der Waals surface area contributed by atoms with Crippen LogP contribution in [0.15, 0.2) is 53.6 Å². The molecular weight excluding hydrogens is 382 g/mol. The van der Waals surface area contributed by atoms with Crippen molar-refractivity contribution in [2.24, 2.45) is 5.10 Å². The lowest BCUT2D eigenvalue weighted by Gasteiger charge is -2.13. The predicted octanol–water partition coefficient (Wildman–Crippen LogP) is 3.88. The molecule has 0 unspecified atom stereocenters. The molecule has 1 amide bonds. The summed E-state index contributed by atoms with van der Waals surface area (Å²) in [7, 11) is 4.61. The second-order valence-corrected chi connectivity index (χ2v) is 6.62. The largest absolute Gasteiger partial charge is 0.493 e. The van der Waals surface area contributed by atoms with Crippen LogP contribution in [-0.4, -0.2) is 38.0 Å². The Balaban J connectivity index is 1.74. The molecule has 7 nitrogen and oxygen atoms in total. The van der Waals surface area contributed by atoms with E-state index < -0.39 is 0 Å². The summed E-state index contributed by atoms with van der Waals surface area (Å²) in [4.78, 5) is 12.4. The molecule has 0 bridgehead atoms. The molecule has 30 heavy (non-hydrogen) atoms. The highest BCUT2D eigenvalue weighted by Gasteiger charge is 2.14. The van der Waals surface area contributed by atoms with Crippen LogP contribution in [0.25, 0.3) is 5.69 Å². The Labute approximate surface area is 175 Å². The minimum Gasteiger partial charge on any atom is -0.493 e. The number of hydrazone groups is 1. The van der Waals surface area contributed by atoms with E-state index in [-0.39, 0.29) is 5.91 Å². The van der Waals surface area contributed by atoms with Crippen molar-refractivity contribution in [2.75, 3.05) is 21.3 Å². The Morgan fingerprint density at radius 1 is 0.867 bits per heavy atom. The van der Waals surface area contributed by atoms with Gasteiger partial charge in [0.05, 0.1) is 27.5 Å². The predicted molar refractivity (Wildman–Crippen MR) is 116 cm³/mol. The van der Waals surface area contributed by atoms with Crippen LogP contribution in [0.2, 0.25) is 0 Å². The summed E-state index contributed by atoms with van der Waals surface area (Å²) >= 11 is 0. The third-order valence-corrected chi connectivity index (χ3v) is 4.76. The minimum absolute atomic E-state index is 0.307. The van der Waals surface area contributed by atoms with Gasteiger partial charge in [0.25, 0.3) is 5.91 Å². The lowest BCUT2D eigenvalue weighted by Crippen LogP contribution is -2.17. The number of hydrogen-bond acceptors (Lipinski definition) is 5. The monoisotopic (exact) mass is 407 g/mol. The molecule has 1 N–H and O–H groups in total. The average Bonchev–Trinajstić information content (AvgIpc) is 3.11. The van der Waals surface area contributed by atoms with E-state index in [1.165, 1.54) is 20.4 Å². The maximum absolute atomic E-state index is 12.4. The first-order valence-electron chi connectivity index (χ1n) is 9.38. The molecule has 1 aromatic heterocycles. The van der Waals surface area contributed by atoms with Crippen molar-refractivity contribution in [1.29, 1.82) is 0 Å². The van der Waals surface area contributed by atoms with E-state index in [9.17, 15) is 4.79 Å². The summed E-state index contributed by atoms with van der Waals surface area (Å²) < 4.78 is 18.2. The van der Waals surface area contributed by atoms with Crippen LogP contribution in [-0.2, 0) is 0 Å². The van der Waals surface area contributed by atoms with Crippen LogP contribution in [0.1, 0.15) is 27.3 Å². The number of nitrogens with one attached hydrogen (secondary N) is 1. The Morgan fingerprint density at radius 2 is 1.50 bits per heavy atom. The third kappa shape index (κ3) is 4.15. The number of methoxy groups -OCH3 is 3. The third-order valence-electron chi connectivity index (χ3n) is 4.76. The lowest BCUT2D eigenvalue weighted by molar-refractivity contribution is 0.0955. The van der Waals surface area contributed by atoms with Gasteiger partial charge in [-0.3, -0.25) is 4.79 Å². The number of hydrogen-bond donors (Lipinski definition) is 1. The summed E-state index contributed by atoms with van der Waals surface area (Å²) in [6.45, 7) is 4.09. The zero-order valence-electron chi connectivity index (χ0n) is 17.7. The van der Waals surface area contributed by atoms with Crippen molar-refractivity contribution in [3.8, 4) is 22.9 Å². The van der Waals surface area contributed by atoms with E-state index in [0.29, 0.717) is 28.4 Å². The lowest BCUT2D eigenvalue weighted by atomic mass is 10.2. The van der Waals surface area contributed by atoms with Crippen LogP contribution in [0.3, 0.4) is 0 Å². The van der Waals surface area contributed by atoms with Crippen LogP contribution in [0.4, 0.5) is 0 Å². The summed E-state index contributed by atoms with van der Waals surface area (Å²) in [6.07, 6.45) is 1.50. The van der Waals surface area contributed by atoms with E-state index in [1.807, 2.05) is 26.0 Å². The molecule has 7 heteroatoms. The van der Waals surface area contributed by atoms with E-state index >= 15 is 0 Å². The normalized spacial score (nSPS) is 10.8. The zero-order chi connectivity index (χ0) is 21.7. The first-order valence-corrected chi connectivity index (χ1v) is 9.38. The molecule has 156 valence electrons. The summed E-state index contributed by atoms with van der Waals surface area (Å²) in [5.41, 5.74) is 6.97. The van der Waals surface area contributed by atoms with Crippen LogP contribution in [0, 0.1) is 13.8 Å². The molecule has 0 atom stereocenters. The molecular formula is C23H25N3O4. The molecule has 0 aliphatic heterocycles. The van der Waals surface area contributed by atoms with Gasteiger partial charge in [-0.25, -0.2) is 5.43 Å². The van der Waals surface area contributed by atoms with Crippen molar-refractivity contribution >= 4 is 12.1 Å². The highest BCUT2D eigenvalue weighted by Crippen LogP contribution is 2.38. The highest BCUT2D eigenvalue weighted by molar-refractivity contribution is 5.95. The van der Waals surface area contributed by atoms with Gasteiger partial charge >= 0.3 is 0 Å². The number of rotatable bonds is 7. The van der Waals surface area contributed by atoms with Crippen molar-refractivity contribution in [3.63, 3.8) is 0 Å². The molecule has 0 saturated carbocycles. The van der Waals surface area contributed by atoms with Crippen molar-refractivity contribution in [1.82, 2.24) is 9.99 Å². The van der Waals surface area contributed by atoms with Crippen LogP contribution >= 0.6 is 0 Å². The molecule has 0 fully saturated rings. The van der Waals surface area contributed by atoms with E-state index in [4.69, 9.17) is 14.2 Å². The topological polar surface area (TPSA) is 74.1 Å². The minimum atomic E-state index is -0.307. The van der Waals surface area contributed by atoms with Gasteiger partial charge in [0.2, 0.25) is 5.75 Å². The summed E-state index contributed by atoms with van der Waals surface area (Å²) in [5.74, 6) is 1.17. The summed E-state index contributed by atoms with van der Waals surface area (Å²) in [6, 6.07) is 15.0. The number of carbonyl (C=O) groups excluding carboxylic acids is 1. The standard InChI is InChI=1S/C23H25N3O4/c1-15-6-7-16(2)26(15)19-11-8-17(9-12-19)23(27)25-24-14-18-10-13-20(28-3)22(30-5)21(18)29-4/h6-14H,1-5H3,(H,25,27)/b24-14+. The number of aromatic nitrogens is 1. The quantitative estimate of drug-likeness (QED) is 0.476. The van der Waals surface area contributed by atoms with E-state index in [1.54, 1.807) is 31.4 Å². The van der Waals surface area contributed by atoms with Gasteiger partial charge in [-0.1, -0.05) is 0 Å². The van der Waals surface area contributed by atoms with Gasteiger partial charge in [-0.2, -0.15) is 5.10 Å². The van der Waals surface area contributed by atoms with Crippen LogP contribution in [0.5, 0.6) is 17.2 Å². The molecule has 0 aliphatic carbocycles. The van der Waals surface area contributed by atoms with Crippen LogP contribution < -0.4 is 19.6 Å². The van der Waals surface area contributed by atoms with E-state index in [2.05, 4.69) is 27.2 Å². The molecule has 3 rings (SSSR count). The molecule has 0 radical (unpaired) electrons. The van der Waals surface area contributed by atoms with Crippen molar-refractivity contribution in [3.05, 3.63) is 71.0 Å². The Bertz CT molecular complexity index is 1050.